The maximum Gasteiger partial charge on any atom is 0.348 e. The van der Waals surface area contributed by atoms with Crippen molar-refractivity contribution in [2.45, 2.75) is 24.5 Å². The number of nitrogens with zero attached hydrogens (tertiary/aromatic N) is 1. The lowest BCUT2D eigenvalue weighted by atomic mass is 9.82. The minimum atomic E-state index is -1.92. The fourth-order valence-electron chi connectivity index (χ4n) is 5.62. The summed E-state index contributed by atoms with van der Waals surface area (Å²) in [6, 6.07) is 25.0. The van der Waals surface area contributed by atoms with Crippen molar-refractivity contribution in [3.05, 3.63) is 101 Å². The van der Waals surface area contributed by atoms with Gasteiger partial charge in [0.1, 0.15) is 6.54 Å². The van der Waals surface area contributed by atoms with Crippen molar-refractivity contribution < 1.29 is 23.9 Å². The van der Waals surface area contributed by atoms with Crippen LogP contribution in [0.1, 0.15) is 24.0 Å². The SMILES string of the molecule is O=C(C[N+]12CCC(CC1)[C@@H](OC(=O)C(O)(c1ccccc1)c1ccccc1)C2)Nc1ccccc1Cl. The number of halogens is 1. The molecule has 3 saturated heterocycles. The number of esters is 1. The molecule has 0 aromatic heterocycles. The van der Waals surface area contributed by atoms with Crippen molar-refractivity contribution in [2.75, 3.05) is 31.5 Å². The number of quaternary nitrogens is 1. The molecular formula is C29H30ClN2O4+. The molecule has 186 valence electrons. The first kappa shape index (κ1) is 24.5. The van der Waals surface area contributed by atoms with Crippen molar-refractivity contribution in [1.82, 2.24) is 0 Å². The van der Waals surface area contributed by atoms with Gasteiger partial charge in [0, 0.05) is 18.8 Å². The van der Waals surface area contributed by atoms with E-state index in [9.17, 15) is 14.7 Å². The molecule has 7 heteroatoms. The van der Waals surface area contributed by atoms with E-state index in [4.69, 9.17) is 16.3 Å². The van der Waals surface area contributed by atoms with Gasteiger partial charge in [-0.2, -0.15) is 0 Å². The number of aliphatic hydroxyl groups is 1. The van der Waals surface area contributed by atoms with Crippen molar-refractivity contribution in [2.24, 2.45) is 5.92 Å². The van der Waals surface area contributed by atoms with E-state index in [1.54, 1.807) is 60.7 Å². The maximum absolute atomic E-state index is 13.6. The number of piperidine rings is 3. The topological polar surface area (TPSA) is 75.6 Å². The summed E-state index contributed by atoms with van der Waals surface area (Å²) < 4.78 is 6.64. The number of carbonyl (C=O) groups is 2. The van der Waals surface area contributed by atoms with Crippen molar-refractivity contribution in [1.29, 1.82) is 0 Å². The predicted octanol–water partition coefficient (Wildman–Crippen LogP) is 4.37. The van der Waals surface area contributed by atoms with Crippen molar-refractivity contribution in [3.63, 3.8) is 0 Å². The Hall–Kier alpha value is -3.19. The molecule has 36 heavy (non-hydrogen) atoms. The van der Waals surface area contributed by atoms with Gasteiger partial charge in [0.25, 0.3) is 5.91 Å². The number of rotatable bonds is 7. The molecule has 0 saturated carbocycles. The van der Waals surface area contributed by atoms with E-state index in [2.05, 4.69) is 5.32 Å². The Morgan fingerprint density at radius 1 is 0.917 bits per heavy atom. The van der Waals surface area contributed by atoms with E-state index in [1.165, 1.54) is 0 Å². The lowest BCUT2D eigenvalue weighted by molar-refractivity contribution is -0.939. The number of amides is 1. The Bertz CT molecular complexity index is 1190. The molecule has 6 nitrogen and oxygen atoms in total. The molecule has 0 aliphatic carbocycles. The van der Waals surface area contributed by atoms with Gasteiger partial charge in [-0.05, 0) is 23.3 Å². The Balaban J connectivity index is 1.33. The number of hydrogen-bond acceptors (Lipinski definition) is 4. The van der Waals surface area contributed by atoms with Gasteiger partial charge in [-0.15, -0.1) is 0 Å². The van der Waals surface area contributed by atoms with Crippen LogP contribution in [0.25, 0.3) is 0 Å². The second-order valence-electron chi connectivity index (χ2n) is 9.88. The molecule has 3 aromatic carbocycles. The minimum Gasteiger partial charge on any atom is -0.453 e. The Kier molecular flexibility index (Phi) is 6.84. The Morgan fingerprint density at radius 3 is 2.06 bits per heavy atom. The molecule has 0 spiro atoms. The zero-order valence-electron chi connectivity index (χ0n) is 20.0. The third-order valence-corrected chi connectivity index (χ3v) is 7.93. The quantitative estimate of drug-likeness (QED) is 0.369. The second kappa shape index (κ2) is 10.1. The van der Waals surface area contributed by atoms with Gasteiger partial charge in [-0.1, -0.05) is 84.4 Å². The number of nitrogens with one attached hydrogen (secondary N) is 1. The molecule has 3 aliphatic heterocycles. The molecule has 0 radical (unpaired) electrons. The van der Waals surface area contributed by atoms with Crippen LogP contribution in [0.5, 0.6) is 0 Å². The fourth-order valence-corrected chi connectivity index (χ4v) is 5.80. The number of carbonyl (C=O) groups excluding carboxylic acids is 2. The maximum atomic E-state index is 13.6. The number of para-hydroxylation sites is 1. The lowest BCUT2D eigenvalue weighted by Crippen LogP contribution is -2.66. The van der Waals surface area contributed by atoms with E-state index in [1.807, 2.05) is 24.3 Å². The smallest absolute Gasteiger partial charge is 0.348 e. The molecule has 3 aliphatic rings. The summed E-state index contributed by atoms with van der Waals surface area (Å²) in [5, 5.41) is 15.2. The van der Waals surface area contributed by atoms with Crippen LogP contribution in [0.15, 0.2) is 84.9 Å². The zero-order chi connectivity index (χ0) is 25.2. The van der Waals surface area contributed by atoms with E-state index in [0.717, 1.165) is 25.9 Å². The molecule has 0 unspecified atom stereocenters. The van der Waals surface area contributed by atoms with Crippen LogP contribution in [0, 0.1) is 5.92 Å². The molecule has 3 fully saturated rings. The van der Waals surface area contributed by atoms with Gasteiger partial charge < -0.3 is 19.6 Å². The fraction of sp³-hybridized carbons (Fsp3) is 0.310. The molecule has 2 N–H and O–H groups in total. The molecule has 6 rings (SSSR count). The Morgan fingerprint density at radius 2 is 1.47 bits per heavy atom. The van der Waals surface area contributed by atoms with E-state index in [-0.39, 0.29) is 24.5 Å². The first-order valence-corrected chi connectivity index (χ1v) is 12.7. The highest BCUT2D eigenvalue weighted by Gasteiger charge is 2.51. The van der Waals surface area contributed by atoms with Crippen LogP contribution >= 0.6 is 11.6 Å². The second-order valence-corrected chi connectivity index (χ2v) is 10.3. The van der Waals surface area contributed by atoms with Gasteiger partial charge in [-0.25, -0.2) is 4.79 Å². The lowest BCUT2D eigenvalue weighted by Gasteiger charge is -2.51. The molecule has 1 amide bonds. The summed E-state index contributed by atoms with van der Waals surface area (Å²) in [6.07, 6.45) is 1.37. The number of hydrogen-bond donors (Lipinski definition) is 2. The first-order valence-electron chi connectivity index (χ1n) is 12.3. The highest BCUT2D eigenvalue weighted by atomic mass is 35.5. The van der Waals surface area contributed by atoms with E-state index in [0.29, 0.717) is 32.9 Å². The van der Waals surface area contributed by atoms with Crippen LogP contribution in [-0.4, -0.2) is 53.7 Å². The summed E-state index contributed by atoms with van der Waals surface area (Å²) in [5.41, 5.74) is -0.398. The highest BCUT2D eigenvalue weighted by molar-refractivity contribution is 6.33. The van der Waals surface area contributed by atoms with Crippen LogP contribution in [0.4, 0.5) is 5.69 Å². The summed E-state index contributed by atoms with van der Waals surface area (Å²) in [5.74, 6) is -0.577. The minimum absolute atomic E-state index is 0.112. The van der Waals surface area contributed by atoms with Crippen LogP contribution in [0.3, 0.4) is 0 Å². The predicted molar refractivity (Wildman–Crippen MR) is 138 cm³/mol. The standard InChI is InChI=1S/C29H29ClN2O4/c30-24-13-7-8-14-25(24)31-27(33)20-32-17-15-21(16-18-32)26(19-32)36-28(34)29(35,22-9-3-1-4-10-22)23-11-5-2-6-12-23/h1-14,21,26,35H,15-20H2/p+1/t21?,26-,32?/m0/s1. The third kappa shape index (κ3) is 4.76. The monoisotopic (exact) mass is 505 g/mol. The molecule has 2 bridgehead atoms. The van der Waals surface area contributed by atoms with Gasteiger partial charge in [-0.3, -0.25) is 4.79 Å². The molecule has 3 heterocycles. The number of benzene rings is 3. The van der Waals surface area contributed by atoms with Crippen LogP contribution in [-0.2, 0) is 19.9 Å². The van der Waals surface area contributed by atoms with Crippen molar-refractivity contribution in [3.8, 4) is 0 Å². The summed E-state index contributed by atoms with van der Waals surface area (Å²) in [6.45, 7) is 2.55. The summed E-state index contributed by atoms with van der Waals surface area (Å²) in [4.78, 5) is 26.6. The normalized spacial score (nSPS) is 23.2. The van der Waals surface area contributed by atoms with Gasteiger partial charge in [0.15, 0.2) is 12.6 Å². The average Bonchev–Trinajstić information content (AvgIpc) is 2.91. The molecule has 3 aromatic rings. The average molecular weight is 506 g/mol. The van der Waals surface area contributed by atoms with Crippen molar-refractivity contribution >= 4 is 29.2 Å². The number of anilines is 1. The number of fused-ring (bicyclic) bond motifs is 3. The van der Waals surface area contributed by atoms with Crippen LogP contribution < -0.4 is 5.32 Å². The van der Waals surface area contributed by atoms with E-state index >= 15 is 0 Å². The van der Waals surface area contributed by atoms with Crippen LogP contribution in [0.2, 0.25) is 5.02 Å². The zero-order valence-corrected chi connectivity index (χ0v) is 20.7. The third-order valence-electron chi connectivity index (χ3n) is 7.61. The van der Waals surface area contributed by atoms with E-state index < -0.39 is 11.6 Å². The highest BCUT2D eigenvalue weighted by Crippen LogP contribution is 2.38. The van der Waals surface area contributed by atoms with Gasteiger partial charge >= 0.3 is 5.97 Å². The van der Waals surface area contributed by atoms with Gasteiger partial charge in [0.2, 0.25) is 5.60 Å². The number of ether oxygens (including phenoxy) is 1. The summed E-state index contributed by atoms with van der Waals surface area (Å²) in [7, 11) is 0. The molecular weight excluding hydrogens is 476 g/mol. The van der Waals surface area contributed by atoms with Gasteiger partial charge in [0.05, 0.1) is 23.8 Å². The molecule has 1 atom stereocenters. The first-order chi connectivity index (χ1) is 17.4. The summed E-state index contributed by atoms with van der Waals surface area (Å²) >= 11 is 6.21. The largest absolute Gasteiger partial charge is 0.453 e. The Labute approximate surface area is 216 Å².